The SMILES string of the molecule is CCC(N)(CC)CNC(=O)c1nc2nccc(C)n2n1. The van der Waals surface area contributed by atoms with Gasteiger partial charge in [0.25, 0.3) is 11.7 Å². The first-order valence-electron chi connectivity index (χ1n) is 6.74. The topological polar surface area (TPSA) is 98.2 Å². The Bertz CT molecular complexity index is 616. The Morgan fingerprint density at radius 3 is 2.75 bits per heavy atom. The van der Waals surface area contributed by atoms with Crippen molar-refractivity contribution < 1.29 is 4.79 Å². The summed E-state index contributed by atoms with van der Waals surface area (Å²) in [4.78, 5) is 20.3. The van der Waals surface area contributed by atoms with Gasteiger partial charge in [-0.2, -0.15) is 4.98 Å². The summed E-state index contributed by atoms with van der Waals surface area (Å²) in [6.45, 7) is 6.29. The zero-order valence-electron chi connectivity index (χ0n) is 12.1. The van der Waals surface area contributed by atoms with E-state index in [1.54, 1.807) is 10.7 Å². The molecule has 0 aliphatic carbocycles. The number of amides is 1. The Morgan fingerprint density at radius 2 is 2.15 bits per heavy atom. The number of hydrogen-bond donors (Lipinski definition) is 2. The molecular formula is C13H20N6O. The van der Waals surface area contributed by atoms with E-state index in [9.17, 15) is 4.79 Å². The highest BCUT2D eigenvalue weighted by atomic mass is 16.2. The Morgan fingerprint density at radius 1 is 1.45 bits per heavy atom. The summed E-state index contributed by atoms with van der Waals surface area (Å²) >= 11 is 0. The van der Waals surface area contributed by atoms with E-state index in [0.717, 1.165) is 18.5 Å². The molecule has 1 amide bonds. The zero-order valence-corrected chi connectivity index (χ0v) is 12.1. The number of rotatable bonds is 5. The molecule has 2 aromatic heterocycles. The number of carbonyl (C=O) groups is 1. The highest BCUT2D eigenvalue weighted by Crippen LogP contribution is 2.09. The summed E-state index contributed by atoms with van der Waals surface area (Å²) in [5.74, 6) is 0.202. The van der Waals surface area contributed by atoms with Crippen LogP contribution in [0.15, 0.2) is 12.3 Å². The molecule has 20 heavy (non-hydrogen) atoms. The molecule has 0 aliphatic heterocycles. The van der Waals surface area contributed by atoms with Gasteiger partial charge in [-0.15, -0.1) is 5.10 Å². The molecule has 2 rings (SSSR count). The molecule has 0 atom stereocenters. The fraction of sp³-hybridized carbons (Fsp3) is 0.538. The smallest absolute Gasteiger partial charge is 0.291 e. The molecule has 2 aromatic rings. The molecule has 2 heterocycles. The van der Waals surface area contributed by atoms with Gasteiger partial charge in [-0.1, -0.05) is 13.8 Å². The molecule has 0 saturated carbocycles. The van der Waals surface area contributed by atoms with Crippen molar-refractivity contribution in [3.8, 4) is 0 Å². The summed E-state index contributed by atoms with van der Waals surface area (Å²) < 4.78 is 1.55. The monoisotopic (exact) mass is 276 g/mol. The van der Waals surface area contributed by atoms with Crippen molar-refractivity contribution in [3.05, 3.63) is 23.8 Å². The molecule has 0 unspecified atom stereocenters. The van der Waals surface area contributed by atoms with Crippen LogP contribution in [0.4, 0.5) is 0 Å². The van der Waals surface area contributed by atoms with E-state index in [0.29, 0.717) is 12.3 Å². The predicted octanol–water partition coefficient (Wildman–Crippen LogP) is 0.680. The second-order valence-electron chi connectivity index (χ2n) is 4.99. The van der Waals surface area contributed by atoms with Gasteiger partial charge in [0.2, 0.25) is 5.82 Å². The first-order valence-corrected chi connectivity index (χ1v) is 6.74. The highest BCUT2D eigenvalue weighted by molar-refractivity contribution is 5.90. The molecule has 0 saturated heterocycles. The van der Waals surface area contributed by atoms with Gasteiger partial charge in [-0.05, 0) is 25.8 Å². The minimum absolute atomic E-state index is 0.112. The van der Waals surface area contributed by atoms with E-state index in [-0.39, 0.29) is 17.3 Å². The third-order valence-corrected chi connectivity index (χ3v) is 3.64. The van der Waals surface area contributed by atoms with Crippen LogP contribution in [0.2, 0.25) is 0 Å². The second-order valence-corrected chi connectivity index (χ2v) is 4.99. The zero-order chi connectivity index (χ0) is 14.8. The quantitative estimate of drug-likeness (QED) is 0.836. The number of aryl methyl sites for hydroxylation is 1. The van der Waals surface area contributed by atoms with Crippen molar-refractivity contribution in [1.82, 2.24) is 24.9 Å². The number of aromatic nitrogens is 4. The van der Waals surface area contributed by atoms with E-state index in [1.807, 2.05) is 26.8 Å². The molecule has 7 nitrogen and oxygen atoms in total. The summed E-state index contributed by atoms with van der Waals surface area (Å²) in [6.07, 6.45) is 3.23. The molecule has 3 N–H and O–H groups in total. The average molecular weight is 276 g/mol. The van der Waals surface area contributed by atoms with E-state index in [1.165, 1.54) is 0 Å². The van der Waals surface area contributed by atoms with Crippen LogP contribution in [0.5, 0.6) is 0 Å². The van der Waals surface area contributed by atoms with Crippen LogP contribution in [0, 0.1) is 6.92 Å². The van der Waals surface area contributed by atoms with Crippen molar-refractivity contribution in [1.29, 1.82) is 0 Å². The summed E-state index contributed by atoms with van der Waals surface area (Å²) in [5.41, 5.74) is 6.64. The van der Waals surface area contributed by atoms with Crippen molar-refractivity contribution >= 4 is 11.7 Å². The van der Waals surface area contributed by atoms with Crippen molar-refractivity contribution in [2.75, 3.05) is 6.54 Å². The molecule has 0 radical (unpaired) electrons. The van der Waals surface area contributed by atoms with Crippen LogP contribution >= 0.6 is 0 Å². The van der Waals surface area contributed by atoms with Gasteiger partial charge in [0, 0.05) is 24.0 Å². The van der Waals surface area contributed by atoms with Gasteiger partial charge in [0.1, 0.15) is 0 Å². The molecule has 7 heteroatoms. The molecule has 0 spiro atoms. The van der Waals surface area contributed by atoms with Gasteiger partial charge in [-0.25, -0.2) is 9.50 Å². The third-order valence-electron chi connectivity index (χ3n) is 3.64. The lowest BCUT2D eigenvalue weighted by atomic mass is 9.94. The van der Waals surface area contributed by atoms with Gasteiger partial charge >= 0.3 is 0 Å². The lowest BCUT2D eigenvalue weighted by molar-refractivity contribution is 0.0932. The summed E-state index contributed by atoms with van der Waals surface area (Å²) in [6, 6.07) is 1.81. The first-order chi connectivity index (χ1) is 9.49. The van der Waals surface area contributed by atoms with Gasteiger partial charge in [0.05, 0.1) is 0 Å². The molecule has 0 bridgehead atoms. The third kappa shape index (κ3) is 2.77. The maximum atomic E-state index is 12.1. The van der Waals surface area contributed by atoms with Gasteiger partial charge in [0.15, 0.2) is 0 Å². The fourth-order valence-corrected chi connectivity index (χ4v) is 1.84. The number of nitrogens with two attached hydrogens (primary N) is 1. The van der Waals surface area contributed by atoms with Crippen molar-refractivity contribution in [3.63, 3.8) is 0 Å². The Kier molecular flexibility index (Phi) is 3.99. The number of fused-ring (bicyclic) bond motifs is 1. The standard InChI is InChI=1S/C13H20N6O/c1-4-13(14,5-2)8-16-11(20)10-17-12-15-7-6-9(3)19(12)18-10/h6-7H,4-5,8,14H2,1-3H3,(H,16,20). The molecule has 108 valence electrons. The minimum Gasteiger partial charge on any atom is -0.347 e. The van der Waals surface area contributed by atoms with E-state index in [2.05, 4.69) is 20.4 Å². The predicted molar refractivity (Wildman–Crippen MR) is 75.4 cm³/mol. The van der Waals surface area contributed by atoms with E-state index >= 15 is 0 Å². The summed E-state index contributed by atoms with van der Waals surface area (Å²) in [5, 5.41) is 6.95. The van der Waals surface area contributed by atoms with Gasteiger partial charge < -0.3 is 11.1 Å². The van der Waals surface area contributed by atoms with Crippen LogP contribution < -0.4 is 11.1 Å². The fourth-order valence-electron chi connectivity index (χ4n) is 1.84. The number of nitrogens with one attached hydrogen (secondary N) is 1. The lowest BCUT2D eigenvalue weighted by Gasteiger charge is -2.26. The number of carbonyl (C=O) groups excluding carboxylic acids is 1. The second kappa shape index (κ2) is 5.54. The maximum absolute atomic E-state index is 12.1. The van der Waals surface area contributed by atoms with Crippen LogP contribution in [0.3, 0.4) is 0 Å². The highest BCUT2D eigenvalue weighted by Gasteiger charge is 2.22. The minimum atomic E-state index is -0.386. The molecule has 0 aromatic carbocycles. The van der Waals surface area contributed by atoms with E-state index < -0.39 is 0 Å². The van der Waals surface area contributed by atoms with Crippen LogP contribution in [-0.2, 0) is 0 Å². The first kappa shape index (κ1) is 14.4. The average Bonchev–Trinajstić information content (AvgIpc) is 2.90. The Labute approximate surface area is 117 Å². The summed E-state index contributed by atoms with van der Waals surface area (Å²) in [7, 11) is 0. The Hall–Kier alpha value is -2.02. The normalized spacial score (nSPS) is 11.8. The molecular weight excluding hydrogens is 256 g/mol. The largest absolute Gasteiger partial charge is 0.347 e. The van der Waals surface area contributed by atoms with Crippen LogP contribution in [0.1, 0.15) is 43.0 Å². The number of nitrogens with zero attached hydrogens (tertiary/aromatic N) is 4. The van der Waals surface area contributed by atoms with Crippen LogP contribution in [-0.4, -0.2) is 37.6 Å². The molecule has 0 fully saturated rings. The van der Waals surface area contributed by atoms with E-state index in [4.69, 9.17) is 5.73 Å². The van der Waals surface area contributed by atoms with Gasteiger partial charge in [-0.3, -0.25) is 4.79 Å². The van der Waals surface area contributed by atoms with Crippen molar-refractivity contribution in [2.24, 2.45) is 5.73 Å². The lowest BCUT2D eigenvalue weighted by Crippen LogP contribution is -2.49. The molecule has 0 aliphatic rings. The number of hydrogen-bond acceptors (Lipinski definition) is 5. The Balaban J connectivity index is 2.14. The maximum Gasteiger partial charge on any atom is 0.291 e. The van der Waals surface area contributed by atoms with Crippen LogP contribution in [0.25, 0.3) is 5.78 Å². The van der Waals surface area contributed by atoms with Crippen molar-refractivity contribution in [2.45, 2.75) is 39.2 Å².